The Labute approximate surface area is 143 Å². The first kappa shape index (κ1) is 16.3. The van der Waals surface area contributed by atoms with Crippen molar-refractivity contribution in [3.05, 3.63) is 41.2 Å². The molecule has 7 heteroatoms. The van der Waals surface area contributed by atoms with Crippen LogP contribution in [0.1, 0.15) is 23.3 Å². The summed E-state index contributed by atoms with van der Waals surface area (Å²) in [6.45, 7) is 1.40. The molecule has 23 heavy (non-hydrogen) atoms. The highest BCUT2D eigenvalue weighted by Crippen LogP contribution is 2.22. The zero-order chi connectivity index (χ0) is 16.2. The minimum atomic E-state index is -0.246. The number of rotatable bonds is 4. The fourth-order valence-corrected chi connectivity index (χ4v) is 3.91. The topological polar surface area (TPSA) is 45.2 Å². The predicted molar refractivity (Wildman–Crippen MR) is 92.8 cm³/mol. The lowest BCUT2D eigenvalue weighted by atomic mass is 10.0. The Balaban J connectivity index is 1.63. The average Bonchev–Trinajstić information content (AvgIpc) is 3.06. The van der Waals surface area contributed by atoms with Gasteiger partial charge < -0.3 is 10.2 Å². The maximum atomic E-state index is 13.0. The van der Waals surface area contributed by atoms with E-state index in [1.54, 1.807) is 23.9 Å². The van der Waals surface area contributed by atoms with E-state index in [0.717, 1.165) is 29.4 Å². The van der Waals surface area contributed by atoms with Crippen LogP contribution in [0.2, 0.25) is 0 Å². The summed E-state index contributed by atoms with van der Waals surface area (Å²) in [5.41, 5.74) is 1.41. The standard InChI is InChI=1S/C16H18FN3OS2/c1-22-16-19-14(10-23-16)15(21)20-8-2-3-13(9-20)18-12-6-4-11(17)5-7-12/h4-7,10,13,18H,2-3,8-9H2,1H3. The summed E-state index contributed by atoms with van der Waals surface area (Å²) in [5, 5.41) is 5.20. The minimum absolute atomic E-state index is 0.00726. The quantitative estimate of drug-likeness (QED) is 0.853. The molecule has 2 aromatic rings. The van der Waals surface area contributed by atoms with Crippen LogP contribution in [0.5, 0.6) is 0 Å². The van der Waals surface area contributed by atoms with Gasteiger partial charge in [0.05, 0.1) is 0 Å². The smallest absolute Gasteiger partial charge is 0.273 e. The molecule has 1 aromatic heterocycles. The van der Waals surface area contributed by atoms with Gasteiger partial charge in [-0.25, -0.2) is 9.37 Å². The maximum Gasteiger partial charge on any atom is 0.273 e. The van der Waals surface area contributed by atoms with Crippen LogP contribution >= 0.6 is 23.1 Å². The summed E-state index contributed by atoms with van der Waals surface area (Å²) in [7, 11) is 0. The molecule has 1 unspecified atom stereocenters. The van der Waals surface area contributed by atoms with E-state index in [4.69, 9.17) is 0 Å². The van der Waals surface area contributed by atoms with Crippen LogP contribution in [-0.2, 0) is 0 Å². The number of hydrogen-bond donors (Lipinski definition) is 1. The van der Waals surface area contributed by atoms with Crippen molar-refractivity contribution in [2.24, 2.45) is 0 Å². The molecule has 0 bridgehead atoms. The van der Waals surface area contributed by atoms with Gasteiger partial charge in [-0.15, -0.1) is 11.3 Å². The summed E-state index contributed by atoms with van der Waals surface area (Å²) < 4.78 is 13.9. The second-order valence-corrected chi connectivity index (χ2v) is 7.36. The Bertz CT molecular complexity index is 674. The van der Waals surface area contributed by atoms with E-state index < -0.39 is 0 Å². The largest absolute Gasteiger partial charge is 0.381 e. The number of piperidine rings is 1. The monoisotopic (exact) mass is 351 g/mol. The number of carbonyl (C=O) groups excluding carboxylic acids is 1. The predicted octanol–water partition coefficient (Wildman–Crippen LogP) is 3.72. The van der Waals surface area contributed by atoms with Gasteiger partial charge in [-0.05, 0) is 43.4 Å². The van der Waals surface area contributed by atoms with Gasteiger partial charge in [0.15, 0.2) is 0 Å². The number of thioether (sulfide) groups is 1. The summed E-state index contributed by atoms with van der Waals surface area (Å²) in [5.74, 6) is -0.253. The molecule has 1 aliphatic heterocycles. The first-order valence-corrected chi connectivity index (χ1v) is 9.57. The van der Waals surface area contributed by atoms with Gasteiger partial charge in [-0.3, -0.25) is 4.79 Å². The summed E-state index contributed by atoms with van der Waals surface area (Å²) >= 11 is 3.05. The van der Waals surface area contributed by atoms with Gasteiger partial charge >= 0.3 is 0 Å². The molecule has 1 aliphatic rings. The number of thiazole rings is 1. The Morgan fingerprint density at radius 1 is 1.43 bits per heavy atom. The van der Waals surface area contributed by atoms with Gasteiger partial charge in [-0.1, -0.05) is 11.8 Å². The van der Waals surface area contributed by atoms with Gasteiger partial charge in [0.25, 0.3) is 5.91 Å². The minimum Gasteiger partial charge on any atom is -0.381 e. The Hall–Kier alpha value is -1.60. The number of benzene rings is 1. The molecule has 1 atom stereocenters. The first-order valence-electron chi connectivity index (χ1n) is 7.46. The van der Waals surface area contributed by atoms with Crippen molar-refractivity contribution in [2.45, 2.75) is 23.2 Å². The molecule has 0 spiro atoms. The number of amides is 1. The molecule has 1 saturated heterocycles. The van der Waals surface area contributed by atoms with Crippen LogP contribution in [0.25, 0.3) is 0 Å². The van der Waals surface area contributed by atoms with Crippen LogP contribution < -0.4 is 5.32 Å². The van der Waals surface area contributed by atoms with E-state index >= 15 is 0 Å². The van der Waals surface area contributed by atoms with Crippen LogP contribution in [0.4, 0.5) is 10.1 Å². The van der Waals surface area contributed by atoms with E-state index in [1.165, 1.54) is 23.5 Å². The number of halogens is 1. The molecule has 1 amide bonds. The van der Waals surface area contributed by atoms with Crippen molar-refractivity contribution < 1.29 is 9.18 Å². The molecule has 1 fully saturated rings. The normalized spacial score (nSPS) is 18.0. The third-order valence-corrected chi connectivity index (χ3v) is 5.66. The summed E-state index contributed by atoms with van der Waals surface area (Å²) in [6, 6.07) is 6.50. The van der Waals surface area contributed by atoms with Gasteiger partial charge in [-0.2, -0.15) is 0 Å². The molecule has 2 heterocycles. The van der Waals surface area contributed by atoms with Crippen LogP contribution in [0.15, 0.2) is 34.0 Å². The number of hydrogen-bond acceptors (Lipinski definition) is 5. The zero-order valence-corrected chi connectivity index (χ0v) is 14.4. The fourth-order valence-electron chi connectivity index (χ4n) is 2.67. The van der Waals surface area contributed by atoms with E-state index in [0.29, 0.717) is 12.2 Å². The molecule has 1 aromatic carbocycles. The van der Waals surface area contributed by atoms with Crippen LogP contribution in [0, 0.1) is 5.82 Å². The highest BCUT2D eigenvalue weighted by Gasteiger charge is 2.25. The molecule has 122 valence electrons. The number of nitrogens with zero attached hydrogens (tertiary/aromatic N) is 2. The van der Waals surface area contributed by atoms with Gasteiger partial charge in [0.2, 0.25) is 0 Å². The summed E-state index contributed by atoms with van der Waals surface area (Å²) in [4.78, 5) is 18.8. The molecule has 4 nitrogen and oxygen atoms in total. The fraction of sp³-hybridized carbons (Fsp3) is 0.375. The third kappa shape index (κ3) is 4.03. The van der Waals surface area contributed by atoms with E-state index in [1.807, 2.05) is 16.5 Å². The van der Waals surface area contributed by atoms with Crippen molar-refractivity contribution >= 4 is 34.7 Å². The zero-order valence-electron chi connectivity index (χ0n) is 12.8. The molecule has 0 saturated carbocycles. The van der Waals surface area contributed by atoms with Crippen molar-refractivity contribution in [2.75, 3.05) is 24.7 Å². The highest BCUT2D eigenvalue weighted by molar-refractivity contribution is 8.00. The van der Waals surface area contributed by atoms with E-state index in [9.17, 15) is 9.18 Å². The van der Waals surface area contributed by atoms with Crippen LogP contribution in [-0.4, -0.2) is 41.2 Å². The Morgan fingerprint density at radius 2 is 2.22 bits per heavy atom. The Morgan fingerprint density at radius 3 is 2.91 bits per heavy atom. The molecule has 0 aliphatic carbocycles. The third-order valence-electron chi connectivity index (χ3n) is 3.80. The molecule has 0 radical (unpaired) electrons. The van der Waals surface area contributed by atoms with E-state index in [-0.39, 0.29) is 17.8 Å². The average molecular weight is 351 g/mol. The molecule has 3 rings (SSSR count). The van der Waals surface area contributed by atoms with Crippen molar-refractivity contribution in [3.8, 4) is 0 Å². The lowest BCUT2D eigenvalue weighted by Gasteiger charge is -2.33. The van der Waals surface area contributed by atoms with Crippen molar-refractivity contribution in [1.29, 1.82) is 0 Å². The molecular weight excluding hydrogens is 333 g/mol. The Kier molecular flexibility index (Phi) is 5.17. The number of nitrogens with one attached hydrogen (secondary N) is 1. The number of anilines is 1. The van der Waals surface area contributed by atoms with E-state index in [2.05, 4.69) is 10.3 Å². The maximum absolute atomic E-state index is 13.0. The van der Waals surface area contributed by atoms with Crippen molar-refractivity contribution in [3.63, 3.8) is 0 Å². The summed E-state index contributed by atoms with van der Waals surface area (Å²) in [6.07, 6.45) is 3.90. The molecule has 1 N–H and O–H groups in total. The van der Waals surface area contributed by atoms with Gasteiger partial charge in [0, 0.05) is 30.2 Å². The van der Waals surface area contributed by atoms with Crippen molar-refractivity contribution in [1.82, 2.24) is 9.88 Å². The second-order valence-electron chi connectivity index (χ2n) is 5.44. The first-order chi connectivity index (χ1) is 11.2. The SMILES string of the molecule is CSc1nc(C(=O)N2CCCC(Nc3ccc(F)cc3)C2)cs1. The van der Waals surface area contributed by atoms with Crippen LogP contribution in [0.3, 0.4) is 0 Å². The van der Waals surface area contributed by atoms with Gasteiger partial charge in [0.1, 0.15) is 15.9 Å². The lowest BCUT2D eigenvalue weighted by Crippen LogP contribution is -2.45. The number of carbonyl (C=O) groups is 1. The number of aromatic nitrogens is 1. The highest BCUT2D eigenvalue weighted by atomic mass is 32.2. The number of likely N-dealkylation sites (tertiary alicyclic amines) is 1. The lowest BCUT2D eigenvalue weighted by molar-refractivity contribution is 0.0709. The molecular formula is C16H18FN3OS2. The second kappa shape index (κ2) is 7.31.